The maximum atomic E-state index is 10.6. The Hall–Kier alpha value is -3.95. The number of carboxylic acids is 1. The molecule has 10 heteroatoms. The third-order valence-corrected chi connectivity index (χ3v) is 4.93. The highest BCUT2D eigenvalue weighted by molar-refractivity contribution is 5.81. The number of hydrogen-bond donors (Lipinski definition) is 2. The molecule has 0 fully saturated rings. The lowest BCUT2D eigenvalue weighted by molar-refractivity contribution is -0.192. The van der Waals surface area contributed by atoms with Crippen LogP contribution in [-0.2, 0) is 11.2 Å². The first-order valence-corrected chi connectivity index (χ1v) is 9.58. The van der Waals surface area contributed by atoms with Gasteiger partial charge in [-0.3, -0.25) is 10.1 Å². The molecule has 0 amide bonds. The fourth-order valence-electron chi connectivity index (χ4n) is 3.33. The summed E-state index contributed by atoms with van der Waals surface area (Å²) in [6.45, 7) is 0.643. The fraction of sp³-hybridized carbons (Fsp3) is 0.182. The molecule has 0 saturated heterocycles. The molecule has 0 bridgehead atoms. The quantitative estimate of drug-likeness (QED) is 0.478. The van der Waals surface area contributed by atoms with Crippen LogP contribution < -0.4 is 4.74 Å². The molecule has 1 unspecified atom stereocenters. The number of benzene rings is 2. The summed E-state index contributed by atoms with van der Waals surface area (Å²) in [5.41, 5.74) is 6.14. The van der Waals surface area contributed by atoms with Crippen molar-refractivity contribution in [1.82, 2.24) is 20.2 Å². The number of nitrogens with zero attached hydrogens (tertiary/aromatic N) is 3. The third-order valence-electron chi connectivity index (χ3n) is 4.93. The number of H-pyrrole nitrogens is 1. The summed E-state index contributed by atoms with van der Waals surface area (Å²) in [6.07, 6.45) is 1.41. The Morgan fingerprint density at radius 2 is 1.88 bits per heavy atom. The lowest BCUT2D eigenvalue weighted by Crippen LogP contribution is -2.21. The van der Waals surface area contributed by atoms with Crippen LogP contribution in [0, 0.1) is 0 Å². The Morgan fingerprint density at radius 1 is 1.09 bits per heavy atom. The predicted octanol–water partition coefficient (Wildman–Crippen LogP) is 4.37. The van der Waals surface area contributed by atoms with Crippen LogP contribution in [0.4, 0.5) is 13.2 Å². The number of aromatic amines is 1. The SMILES string of the molecule is O=C(O)C(F)(F)F.c1ccc2c(c1)CC(c1cnc3cc(-c4cn[nH]c4)ccc3n1)CO2. The minimum atomic E-state index is -5.08. The standard InChI is InChI=1S/C20H16N4O.C2HF3O2/c1-2-4-20-14(3-1)7-15(12-25-20)19-11-21-18-8-13(5-6-17(18)24-19)16-9-22-23-10-16;3-2(4,5)1(6)7/h1-6,8-11,15H,7,12H2,(H,22,23);(H,6,7). The molecule has 1 aliphatic heterocycles. The Kier molecular flexibility index (Phi) is 5.76. The predicted molar refractivity (Wildman–Crippen MR) is 109 cm³/mol. The Balaban J connectivity index is 0.000000307. The van der Waals surface area contributed by atoms with Crippen molar-refractivity contribution in [1.29, 1.82) is 0 Å². The molecule has 32 heavy (non-hydrogen) atoms. The summed E-state index contributed by atoms with van der Waals surface area (Å²) in [5, 5.41) is 14.0. The number of fused-ring (bicyclic) bond motifs is 2. The summed E-state index contributed by atoms with van der Waals surface area (Å²) in [6, 6.07) is 14.3. The molecule has 2 aromatic carbocycles. The zero-order valence-corrected chi connectivity index (χ0v) is 16.5. The van der Waals surface area contributed by atoms with Crippen molar-refractivity contribution in [3.63, 3.8) is 0 Å². The van der Waals surface area contributed by atoms with Gasteiger partial charge in [0, 0.05) is 23.9 Å². The number of hydrogen-bond acceptors (Lipinski definition) is 5. The van der Waals surface area contributed by atoms with Crippen LogP contribution in [0.2, 0.25) is 0 Å². The number of ether oxygens (including phenoxy) is 1. The Labute approximate surface area is 179 Å². The van der Waals surface area contributed by atoms with Crippen LogP contribution in [0.15, 0.2) is 61.1 Å². The zero-order chi connectivity index (χ0) is 22.7. The molecule has 2 N–H and O–H groups in total. The summed E-state index contributed by atoms with van der Waals surface area (Å²) >= 11 is 0. The molecule has 4 aromatic rings. The molecule has 7 nitrogen and oxygen atoms in total. The number of carboxylic acid groups (broad SMARTS) is 1. The van der Waals surface area contributed by atoms with Gasteiger partial charge in [-0.15, -0.1) is 0 Å². The number of aromatic nitrogens is 4. The van der Waals surface area contributed by atoms with Crippen LogP contribution in [0.25, 0.3) is 22.2 Å². The molecule has 0 spiro atoms. The number of para-hydroxylation sites is 1. The van der Waals surface area contributed by atoms with E-state index >= 15 is 0 Å². The van der Waals surface area contributed by atoms with E-state index in [1.807, 2.05) is 42.7 Å². The maximum absolute atomic E-state index is 10.6. The second kappa shape index (κ2) is 8.66. The lowest BCUT2D eigenvalue weighted by Gasteiger charge is -2.24. The van der Waals surface area contributed by atoms with Gasteiger partial charge in [0.05, 0.1) is 29.5 Å². The number of alkyl halides is 3. The molecule has 3 heterocycles. The zero-order valence-electron chi connectivity index (χ0n) is 16.5. The average molecular weight is 442 g/mol. The van der Waals surface area contributed by atoms with Gasteiger partial charge in [-0.05, 0) is 35.7 Å². The van der Waals surface area contributed by atoms with E-state index in [0.717, 1.165) is 40.0 Å². The second-order valence-electron chi connectivity index (χ2n) is 7.11. The van der Waals surface area contributed by atoms with Gasteiger partial charge in [0.2, 0.25) is 0 Å². The lowest BCUT2D eigenvalue weighted by atomic mass is 9.94. The van der Waals surface area contributed by atoms with Gasteiger partial charge in [-0.25, -0.2) is 9.78 Å². The van der Waals surface area contributed by atoms with Gasteiger partial charge in [-0.1, -0.05) is 24.3 Å². The first kappa shape index (κ1) is 21.3. The monoisotopic (exact) mass is 442 g/mol. The molecule has 164 valence electrons. The topological polar surface area (TPSA) is 101 Å². The van der Waals surface area contributed by atoms with Crippen LogP contribution in [-0.4, -0.2) is 44.0 Å². The van der Waals surface area contributed by atoms with Crippen LogP contribution >= 0.6 is 0 Å². The highest BCUT2D eigenvalue weighted by Gasteiger charge is 2.38. The molecule has 0 radical (unpaired) electrons. The van der Waals surface area contributed by atoms with Crippen molar-refractivity contribution >= 4 is 17.0 Å². The number of nitrogens with one attached hydrogen (secondary N) is 1. The van der Waals surface area contributed by atoms with E-state index in [0.29, 0.717) is 6.61 Å². The summed E-state index contributed by atoms with van der Waals surface area (Å²) in [4.78, 5) is 18.4. The van der Waals surface area contributed by atoms with Gasteiger partial charge in [0.1, 0.15) is 5.75 Å². The number of halogens is 3. The largest absolute Gasteiger partial charge is 0.493 e. The average Bonchev–Trinajstić information content (AvgIpc) is 3.33. The van der Waals surface area contributed by atoms with E-state index < -0.39 is 12.1 Å². The van der Waals surface area contributed by atoms with Crippen molar-refractivity contribution in [3.05, 3.63) is 72.3 Å². The molecule has 1 atom stereocenters. The molecule has 1 aliphatic rings. The molecule has 0 saturated carbocycles. The van der Waals surface area contributed by atoms with Crippen molar-refractivity contribution in [2.75, 3.05) is 6.61 Å². The third kappa shape index (κ3) is 4.69. The summed E-state index contributed by atoms with van der Waals surface area (Å²) in [5.74, 6) is -1.54. The fourth-order valence-corrected chi connectivity index (χ4v) is 3.33. The van der Waals surface area contributed by atoms with E-state index in [1.165, 1.54) is 5.56 Å². The van der Waals surface area contributed by atoms with Crippen molar-refractivity contribution in [3.8, 4) is 16.9 Å². The minimum Gasteiger partial charge on any atom is -0.493 e. The van der Waals surface area contributed by atoms with Crippen LogP contribution in [0.1, 0.15) is 17.2 Å². The van der Waals surface area contributed by atoms with Crippen LogP contribution in [0.3, 0.4) is 0 Å². The van der Waals surface area contributed by atoms with E-state index in [9.17, 15) is 13.2 Å². The van der Waals surface area contributed by atoms with Gasteiger partial charge >= 0.3 is 12.1 Å². The van der Waals surface area contributed by atoms with Crippen molar-refractivity contribution in [2.24, 2.45) is 0 Å². The van der Waals surface area contributed by atoms with Gasteiger partial charge < -0.3 is 9.84 Å². The smallest absolute Gasteiger partial charge is 0.490 e. The second-order valence-corrected chi connectivity index (χ2v) is 7.11. The molecule has 5 rings (SSSR count). The van der Waals surface area contributed by atoms with E-state index in [1.54, 1.807) is 6.20 Å². The maximum Gasteiger partial charge on any atom is 0.490 e. The Morgan fingerprint density at radius 3 is 2.59 bits per heavy atom. The molecule has 0 aliphatic carbocycles. The van der Waals surface area contributed by atoms with Crippen molar-refractivity contribution in [2.45, 2.75) is 18.5 Å². The highest BCUT2D eigenvalue weighted by Crippen LogP contribution is 2.32. The number of rotatable bonds is 2. The van der Waals surface area contributed by atoms with Gasteiger partial charge in [0.15, 0.2) is 0 Å². The van der Waals surface area contributed by atoms with Crippen molar-refractivity contribution < 1.29 is 27.8 Å². The Bertz CT molecular complexity index is 1240. The van der Waals surface area contributed by atoms with E-state index in [-0.39, 0.29) is 5.92 Å². The minimum absolute atomic E-state index is 0.236. The first-order valence-electron chi connectivity index (χ1n) is 9.58. The van der Waals surface area contributed by atoms with Gasteiger partial charge in [-0.2, -0.15) is 18.3 Å². The van der Waals surface area contributed by atoms with Gasteiger partial charge in [0.25, 0.3) is 0 Å². The molecule has 2 aromatic heterocycles. The summed E-state index contributed by atoms with van der Waals surface area (Å²) < 4.78 is 37.6. The molecular formula is C22H17F3N4O3. The normalized spacial score (nSPS) is 15.3. The van der Waals surface area contributed by atoms with E-state index in [4.69, 9.17) is 19.6 Å². The van der Waals surface area contributed by atoms with E-state index in [2.05, 4.69) is 27.3 Å². The number of carbonyl (C=O) groups is 1. The van der Waals surface area contributed by atoms with Crippen LogP contribution in [0.5, 0.6) is 5.75 Å². The highest BCUT2D eigenvalue weighted by atomic mass is 19.4. The molecular weight excluding hydrogens is 425 g/mol. The number of aliphatic carboxylic acids is 1. The summed E-state index contributed by atoms with van der Waals surface area (Å²) in [7, 11) is 0. The first-order chi connectivity index (χ1) is 15.3.